The van der Waals surface area contributed by atoms with Crippen molar-refractivity contribution >= 4 is 11.1 Å². The Labute approximate surface area is 118 Å². The second kappa shape index (κ2) is 5.47. The summed E-state index contributed by atoms with van der Waals surface area (Å²) in [5.41, 5.74) is 10.1. The highest BCUT2D eigenvalue weighted by Gasteiger charge is 2.18. The molecule has 1 aromatic heterocycles. The summed E-state index contributed by atoms with van der Waals surface area (Å²) >= 11 is 0. The number of aryl methyl sites for hydroxylation is 1. The molecule has 3 aromatic rings. The first-order chi connectivity index (χ1) is 9.81. The van der Waals surface area contributed by atoms with Gasteiger partial charge in [-0.3, -0.25) is 0 Å². The molecule has 20 heavy (non-hydrogen) atoms. The fourth-order valence-corrected chi connectivity index (χ4v) is 2.42. The van der Waals surface area contributed by atoms with Gasteiger partial charge in [-0.2, -0.15) is 0 Å². The maximum atomic E-state index is 5.91. The zero-order valence-corrected chi connectivity index (χ0v) is 11.5. The Morgan fingerprint density at radius 3 is 2.65 bits per heavy atom. The minimum absolute atomic E-state index is 0.00803. The van der Waals surface area contributed by atoms with Crippen molar-refractivity contribution in [2.24, 2.45) is 5.73 Å². The zero-order chi connectivity index (χ0) is 13.9. The Balaban J connectivity index is 2.04. The number of hydrogen-bond acceptors (Lipinski definition) is 3. The third kappa shape index (κ3) is 2.32. The lowest BCUT2D eigenvalue weighted by Gasteiger charge is -2.10. The van der Waals surface area contributed by atoms with Crippen LogP contribution in [0.25, 0.3) is 11.1 Å². The van der Waals surface area contributed by atoms with Crippen LogP contribution >= 0.6 is 0 Å². The second-order valence-corrected chi connectivity index (χ2v) is 4.91. The Morgan fingerprint density at radius 2 is 1.95 bits per heavy atom. The molecule has 0 saturated heterocycles. The van der Waals surface area contributed by atoms with Crippen molar-refractivity contribution in [2.45, 2.75) is 19.3 Å². The molecule has 3 nitrogen and oxygen atoms in total. The van der Waals surface area contributed by atoms with Gasteiger partial charge < -0.3 is 10.2 Å². The molecule has 102 valence electrons. The van der Waals surface area contributed by atoms with E-state index < -0.39 is 0 Å². The van der Waals surface area contributed by atoms with Crippen molar-refractivity contribution < 1.29 is 4.42 Å². The summed E-state index contributed by atoms with van der Waals surface area (Å²) in [7, 11) is 0. The smallest absolute Gasteiger partial charge is 0.204 e. The molecule has 2 aromatic carbocycles. The first-order valence-electron chi connectivity index (χ1n) is 6.96. The van der Waals surface area contributed by atoms with E-state index in [0.717, 1.165) is 23.1 Å². The molecule has 3 rings (SSSR count). The van der Waals surface area contributed by atoms with Crippen LogP contribution in [0.1, 0.15) is 29.9 Å². The zero-order valence-electron chi connectivity index (χ0n) is 11.5. The highest BCUT2D eigenvalue weighted by atomic mass is 16.3. The van der Waals surface area contributed by atoms with E-state index in [1.165, 1.54) is 5.56 Å². The molecule has 0 saturated carbocycles. The quantitative estimate of drug-likeness (QED) is 0.786. The molecule has 2 N–H and O–H groups in total. The molecule has 0 bridgehead atoms. The summed E-state index contributed by atoms with van der Waals surface area (Å²) in [5, 5.41) is 0. The van der Waals surface area contributed by atoms with Gasteiger partial charge in [-0.25, -0.2) is 4.98 Å². The van der Waals surface area contributed by atoms with Gasteiger partial charge in [-0.05, 0) is 29.7 Å². The number of fused-ring (bicyclic) bond motifs is 1. The van der Waals surface area contributed by atoms with Crippen molar-refractivity contribution in [3.8, 4) is 0 Å². The molecule has 3 heteroatoms. The molecule has 1 unspecified atom stereocenters. The first-order valence-corrected chi connectivity index (χ1v) is 6.96. The van der Waals surface area contributed by atoms with Gasteiger partial charge in [0.05, 0.1) is 5.92 Å². The largest absolute Gasteiger partial charge is 0.440 e. The third-order valence-corrected chi connectivity index (χ3v) is 3.61. The van der Waals surface area contributed by atoms with Gasteiger partial charge in [0, 0.05) is 6.54 Å². The third-order valence-electron chi connectivity index (χ3n) is 3.61. The Bertz CT molecular complexity index is 703. The van der Waals surface area contributed by atoms with Crippen LogP contribution in [0.15, 0.2) is 52.9 Å². The van der Waals surface area contributed by atoms with Gasteiger partial charge >= 0.3 is 0 Å². The SMILES string of the molecule is CCc1ccc2oc(C(CN)c3ccccc3)nc2c1. The van der Waals surface area contributed by atoms with Crippen LogP contribution in [-0.4, -0.2) is 11.5 Å². The molecule has 0 aliphatic rings. The van der Waals surface area contributed by atoms with Crippen molar-refractivity contribution in [3.63, 3.8) is 0 Å². The number of benzene rings is 2. The monoisotopic (exact) mass is 266 g/mol. The average molecular weight is 266 g/mol. The van der Waals surface area contributed by atoms with Gasteiger partial charge in [0.2, 0.25) is 5.89 Å². The fourth-order valence-electron chi connectivity index (χ4n) is 2.42. The standard InChI is InChI=1S/C17H18N2O/c1-2-12-8-9-16-15(10-12)19-17(20-16)14(11-18)13-6-4-3-5-7-13/h3-10,14H,2,11,18H2,1H3. The summed E-state index contributed by atoms with van der Waals surface area (Å²) in [4.78, 5) is 4.62. The predicted molar refractivity (Wildman–Crippen MR) is 80.7 cm³/mol. The Morgan fingerprint density at radius 1 is 1.15 bits per heavy atom. The lowest BCUT2D eigenvalue weighted by atomic mass is 9.99. The van der Waals surface area contributed by atoms with Crippen LogP contribution in [-0.2, 0) is 6.42 Å². The van der Waals surface area contributed by atoms with Gasteiger partial charge in [-0.15, -0.1) is 0 Å². The van der Waals surface area contributed by atoms with E-state index in [4.69, 9.17) is 10.2 Å². The maximum absolute atomic E-state index is 5.91. The van der Waals surface area contributed by atoms with E-state index in [2.05, 4.69) is 36.2 Å². The van der Waals surface area contributed by atoms with Crippen LogP contribution in [0, 0.1) is 0 Å². The number of hydrogen-bond donors (Lipinski definition) is 1. The molecule has 0 spiro atoms. The van der Waals surface area contributed by atoms with E-state index >= 15 is 0 Å². The molecular weight excluding hydrogens is 248 g/mol. The number of oxazole rings is 1. The van der Waals surface area contributed by atoms with Crippen LogP contribution in [0.5, 0.6) is 0 Å². The van der Waals surface area contributed by atoms with Gasteiger partial charge in [0.15, 0.2) is 5.58 Å². The second-order valence-electron chi connectivity index (χ2n) is 4.91. The van der Waals surface area contributed by atoms with Gasteiger partial charge in [0.1, 0.15) is 5.52 Å². The van der Waals surface area contributed by atoms with E-state index in [1.54, 1.807) is 0 Å². The molecule has 1 atom stereocenters. The molecule has 0 radical (unpaired) electrons. The summed E-state index contributed by atoms with van der Waals surface area (Å²) in [6.45, 7) is 2.62. The summed E-state index contributed by atoms with van der Waals surface area (Å²) in [6.07, 6.45) is 0.997. The van der Waals surface area contributed by atoms with Gasteiger partial charge in [-0.1, -0.05) is 43.3 Å². The predicted octanol–water partition coefficient (Wildman–Crippen LogP) is 3.48. The van der Waals surface area contributed by atoms with E-state index in [1.807, 2.05) is 24.3 Å². The minimum atomic E-state index is 0.00803. The number of rotatable bonds is 4. The van der Waals surface area contributed by atoms with Crippen LogP contribution in [0.3, 0.4) is 0 Å². The lowest BCUT2D eigenvalue weighted by molar-refractivity contribution is 0.502. The summed E-state index contributed by atoms with van der Waals surface area (Å²) < 4.78 is 5.88. The summed E-state index contributed by atoms with van der Waals surface area (Å²) in [6, 6.07) is 16.3. The topological polar surface area (TPSA) is 52.0 Å². The lowest BCUT2D eigenvalue weighted by Crippen LogP contribution is -2.14. The number of aromatic nitrogens is 1. The van der Waals surface area contributed by atoms with Crippen LogP contribution in [0.4, 0.5) is 0 Å². The van der Waals surface area contributed by atoms with Crippen molar-refractivity contribution in [3.05, 3.63) is 65.5 Å². The maximum Gasteiger partial charge on any atom is 0.204 e. The molecule has 1 heterocycles. The first kappa shape index (κ1) is 12.9. The highest BCUT2D eigenvalue weighted by molar-refractivity contribution is 5.73. The summed E-state index contributed by atoms with van der Waals surface area (Å²) in [5.74, 6) is 0.704. The fraction of sp³-hybridized carbons (Fsp3) is 0.235. The molecule has 0 fully saturated rings. The molecule has 0 aliphatic heterocycles. The van der Waals surface area contributed by atoms with E-state index in [-0.39, 0.29) is 5.92 Å². The molecular formula is C17H18N2O. The van der Waals surface area contributed by atoms with Crippen LogP contribution in [0.2, 0.25) is 0 Å². The molecule has 0 aliphatic carbocycles. The van der Waals surface area contributed by atoms with Gasteiger partial charge in [0.25, 0.3) is 0 Å². The van der Waals surface area contributed by atoms with Crippen molar-refractivity contribution in [2.75, 3.05) is 6.54 Å². The highest BCUT2D eigenvalue weighted by Crippen LogP contribution is 2.27. The van der Waals surface area contributed by atoms with Crippen molar-refractivity contribution in [1.29, 1.82) is 0 Å². The van der Waals surface area contributed by atoms with Crippen LogP contribution < -0.4 is 5.73 Å². The average Bonchev–Trinajstić information content (AvgIpc) is 2.91. The normalized spacial score (nSPS) is 12.7. The minimum Gasteiger partial charge on any atom is -0.440 e. The molecule has 0 amide bonds. The van der Waals surface area contributed by atoms with E-state index in [9.17, 15) is 0 Å². The Kier molecular flexibility index (Phi) is 3.52. The number of nitrogens with two attached hydrogens (primary N) is 1. The van der Waals surface area contributed by atoms with Crippen molar-refractivity contribution in [1.82, 2.24) is 4.98 Å². The van der Waals surface area contributed by atoms with E-state index in [0.29, 0.717) is 12.4 Å². The number of nitrogens with zero attached hydrogens (tertiary/aromatic N) is 1. The Hall–Kier alpha value is -2.13.